The van der Waals surface area contributed by atoms with Gasteiger partial charge in [-0.2, -0.15) is 0 Å². The molecular weight excluding hydrogens is 871 g/mol. The molecule has 3 aliphatic rings. The predicted octanol–water partition coefficient (Wildman–Crippen LogP) is 5.32. The fourth-order valence-electron chi connectivity index (χ4n) is 6.74. The monoisotopic (exact) mass is 933 g/mol. The fourth-order valence-corrected chi connectivity index (χ4v) is 9.45. The highest BCUT2D eigenvalue weighted by molar-refractivity contribution is 7.90. The highest BCUT2D eigenvalue weighted by atomic mass is 32.2. The maximum absolute atomic E-state index is 12.1. The Kier molecular flexibility index (Phi) is 20.1. The van der Waals surface area contributed by atoms with Gasteiger partial charge in [-0.25, -0.2) is 68.8 Å². The number of amides is 6. The first kappa shape index (κ1) is 50.8. The summed E-state index contributed by atoms with van der Waals surface area (Å²) in [5.41, 5.74) is 10.7. The minimum absolute atomic E-state index is 0.0825. The summed E-state index contributed by atoms with van der Waals surface area (Å²) in [5.74, 6) is 0. The van der Waals surface area contributed by atoms with Crippen LogP contribution in [0, 0.1) is 20.8 Å². The van der Waals surface area contributed by atoms with Crippen LogP contribution < -0.4 is 30.4 Å². The van der Waals surface area contributed by atoms with Crippen LogP contribution in [0.3, 0.4) is 0 Å². The van der Waals surface area contributed by atoms with Crippen LogP contribution in [0.4, 0.5) is 14.4 Å². The zero-order valence-electron chi connectivity index (χ0n) is 36.4. The van der Waals surface area contributed by atoms with Crippen molar-refractivity contribution in [3.05, 3.63) is 89.5 Å². The van der Waals surface area contributed by atoms with E-state index < -0.39 is 48.2 Å². The molecule has 6 N–H and O–H groups in total. The molecule has 3 fully saturated rings. The number of sulfonamides is 3. The average Bonchev–Trinajstić information content (AvgIpc) is 3.75. The zero-order valence-corrected chi connectivity index (χ0v) is 38.8. The van der Waals surface area contributed by atoms with E-state index in [-0.39, 0.29) is 14.7 Å². The summed E-state index contributed by atoms with van der Waals surface area (Å²) >= 11 is 0. The van der Waals surface area contributed by atoms with E-state index in [9.17, 15) is 39.6 Å². The molecule has 63 heavy (non-hydrogen) atoms. The van der Waals surface area contributed by atoms with Crippen molar-refractivity contribution in [1.82, 2.24) is 45.5 Å². The summed E-state index contributed by atoms with van der Waals surface area (Å²) in [5, 5.41) is 5.31. The van der Waals surface area contributed by atoms with Gasteiger partial charge in [-0.3, -0.25) is 16.3 Å². The van der Waals surface area contributed by atoms with Gasteiger partial charge < -0.3 is 0 Å². The SMILES string of the molecule is Cc1ccc(S(=O)(=O)NC(=O)NN2CCCCCC2)cc1.Cc1ccc(S(=O)(=O)NC(=O)NN2CCCCCC2)cc1.Cc1ccc(S(=O)(=O)NC(=O)NN2CCCCCC2)cc1. The first-order valence-corrected chi connectivity index (χ1v) is 25.8. The largest absolute Gasteiger partial charge is 0.343 e. The number of nitrogens with one attached hydrogen (secondary N) is 6. The number of urea groups is 3. The molecule has 0 aromatic heterocycles. The number of hydrazine groups is 3. The molecule has 0 bridgehead atoms. The van der Waals surface area contributed by atoms with Gasteiger partial charge in [0.25, 0.3) is 30.1 Å². The maximum Gasteiger partial charge on any atom is 0.343 e. The quantitative estimate of drug-likeness (QED) is 0.160. The Hall–Kier alpha value is -4.80. The third kappa shape index (κ3) is 18.4. The van der Waals surface area contributed by atoms with Crippen molar-refractivity contribution < 1.29 is 39.6 Å². The second-order valence-corrected chi connectivity index (χ2v) is 20.8. The summed E-state index contributed by atoms with van der Waals surface area (Å²) in [4.78, 5) is 35.8. The van der Waals surface area contributed by atoms with E-state index >= 15 is 0 Å². The fraction of sp³-hybridized carbons (Fsp3) is 0.500. The van der Waals surface area contributed by atoms with Gasteiger partial charge in [-0.05, 0) is 95.7 Å². The van der Waals surface area contributed by atoms with E-state index in [2.05, 4.69) is 16.3 Å². The molecule has 6 amide bonds. The highest BCUT2D eigenvalue weighted by Gasteiger charge is 2.22. The Morgan fingerprint density at radius 1 is 0.349 bits per heavy atom. The summed E-state index contributed by atoms with van der Waals surface area (Å²) in [6, 6.07) is 16.9. The van der Waals surface area contributed by atoms with E-state index in [1.54, 1.807) is 51.4 Å². The molecule has 0 unspecified atom stereocenters. The summed E-state index contributed by atoms with van der Waals surface area (Å²) in [6.45, 7) is 10.1. The molecule has 348 valence electrons. The van der Waals surface area contributed by atoms with Crippen LogP contribution in [0.25, 0.3) is 0 Å². The number of hydrogen-bond donors (Lipinski definition) is 6. The Morgan fingerprint density at radius 2 is 0.540 bits per heavy atom. The van der Waals surface area contributed by atoms with Crippen molar-refractivity contribution in [2.24, 2.45) is 0 Å². The second-order valence-electron chi connectivity index (χ2n) is 15.8. The van der Waals surface area contributed by atoms with Crippen molar-refractivity contribution in [3.63, 3.8) is 0 Å². The standard InChI is InChI=1S/3C14H21N3O3S/c3*1-12-6-8-13(9-7-12)21(19,20)16-14(18)15-17-10-4-2-3-5-11-17/h3*6-9H,2-5,10-11H2,1H3,(H2,15,16,18). The topological polar surface area (TPSA) is 236 Å². The number of benzene rings is 3. The minimum atomic E-state index is -3.82. The van der Waals surface area contributed by atoms with Crippen LogP contribution in [0.1, 0.15) is 93.7 Å². The number of rotatable bonds is 9. The first-order chi connectivity index (χ1) is 29.9. The first-order valence-electron chi connectivity index (χ1n) is 21.4. The molecule has 3 aromatic rings. The summed E-state index contributed by atoms with van der Waals surface area (Å²) in [7, 11) is -11.5. The Balaban J connectivity index is 0.000000207. The van der Waals surface area contributed by atoms with Crippen LogP contribution in [0.5, 0.6) is 0 Å². The van der Waals surface area contributed by atoms with E-state index in [1.165, 1.54) is 36.4 Å². The van der Waals surface area contributed by atoms with E-state index in [1.807, 2.05) is 34.9 Å². The predicted molar refractivity (Wildman–Crippen MR) is 240 cm³/mol. The number of hydrogen-bond acceptors (Lipinski definition) is 12. The number of carbonyl (C=O) groups is 3. The molecule has 0 aliphatic carbocycles. The van der Waals surface area contributed by atoms with Crippen molar-refractivity contribution in [2.45, 2.75) is 113 Å². The lowest BCUT2D eigenvalue weighted by molar-refractivity contribution is 0.184. The van der Waals surface area contributed by atoms with Gasteiger partial charge in [0.05, 0.1) is 14.7 Å². The average molecular weight is 934 g/mol. The third-order valence-corrected chi connectivity index (χ3v) is 14.3. The van der Waals surface area contributed by atoms with Crippen molar-refractivity contribution in [2.75, 3.05) is 39.3 Å². The summed E-state index contributed by atoms with van der Waals surface area (Å²) in [6.07, 6.45) is 12.9. The van der Waals surface area contributed by atoms with Gasteiger partial charge in [0.2, 0.25) is 0 Å². The molecule has 3 heterocycles. The van der Waals surface area contributed by atoms with Gasteiger partial charge in [0.1, 0.15) is 0 Å². The zero-order chi connectivity index (χ0) is 45.9. The molecule has 18 nitrogen and oxygen atoms in total. The van der Waals surface area contributed by atoms with Crippen molar-refractivity contribution >= 4 is 48.2 Å². The van der Waals surface area contributed by atoms with E-state index in [4.69, 9.17) is 0 Å². The molecule has 0 radical (unpaired) electrons. The lowest BCUT2D eigenvalue weighted by Crippen LogP contribution is -2.49. The van der Waals surface area contributed by atoms with E-state index in [0.29, 0.717) is 0 Å². The normalized spacial score (nSPS) is 17.0. The Bertz CT molecular complexity index is 1980. The van der Waals surface area contributed by atoms with E-state index in [0.717, 1.165) is 133 Å². The van der Waals surface area contributed by atoms with Crippen LogP contribution >= 0.6 is 0 Å². The van der Waals surface area contributed by atoms with Crippen LogP contribution in [0.15, 0.2) is 87.5 Å². The second kappa shape index (κ2) is 24.9. The molecule has 3 aromatic carbocycles. The highest BCUT2D eigenvalue weighted by Crippen LogP contribution is 2.14. The number of nitrogens with zero attached hydrogens (tertiary/aromatic N) is 3. The van der Waals surface area contributed by atoms with Crippen LogP contribution in [0.2, 0.25) is 0 Å². The van der Waals surface area contributed by atoms with Crippen molar-refractivity contribution in [1.29, 1.82) is 0 Å². The molecule has 0 saturated carbocycles. The minimum Gasteiger partial charge on any atom is -0.270 e. The van der Waals surface area contributed by atoms with Crippen molar-refractivity contribution in [3.8, 4) is 0 Å². The van der Waals surface area contributed by atoms with Gasteiger partial charge >= 0.3 is 18.1 Å². The molecular formula is C42H63N9O9S3. The van der Waals surface area contributed by atoms with Crippen LogP contribution in [-0.2, 0) is 30.1 Å². The van der Waals surface area contributed by atoms with Gasteiger partial charge in [0, 0.05) is 39.3 Å². The van der Waals surface area contributed by atoms with Gasteiger partial charge in [-0.1, -0.05) is 91.6 Å². The Labute approximate surface area is 373 Å². The third-order valence-electron chi connectivity index (χ3n) is 10.3. The molecule has 0 atom stereocenters. The maximum atomic E-state index is 12.1. The smallest absolute Gasteiger partial charge is 0.270 e. The molecule has 0 spiro atoms. The lowest BCUT2D eigenvalue weighted by Gasteiger charge is -2.20. The molecule has 21 heteroatoms. The molecule has 3 saturated heterocycles. The lowest BCUT2D eigenvalue weighted by atomic mass is 10.2. The summed E-state index contributed by atoms with van der Waals surface area (Å²) < 4.78 is 78.6. The molecule has 6 rings (SSSR count). The van der Waals surface area contributed by atoms with Crippen LogP contribution in [-0.4, -0.2) is 97.6 Å². The molecule has 3 aliphatic heterocycles. The number of aryl methyl sites for hydroxylation is 3. The number of carbonyl (C=O) groups excluding carboxylic acids is 3. The van der Waals surface area contributed by atoms with Gasteiger partial charge in [0.15, 0.2) is 0 Å². The Morgan fingerprint density at radius 3 is 0.730 bits per heavy atom. The van der Waals surface area contributed by atoms with Gasteiger partial charge in [-0.15, -0.1) is 0 Å².